The van der Waals surface area contributed by atoms with Gasteiger partial charge in [0.15, 0.2) is 0 Å². The Bertz CT molecular complexity index is 111. The zero-order valence-corrected chi connectivity index (χ0v) is 7.06. The Morgan fingerprint density at radius 3 is 2.60 bits per heavy atom. The van der Waals surface area contributed by atoms with Gasteiger partial charge in [-0.1, -0.05) is 26.7 Å². The van der Waals surface area contributed by atoms with Crippen molar-refractivity contribution in [2.75, 3.05) is 0 Å². The van der Waals surface area contributed by atoms with Crippen molar-refractivity contribution in [2.45, 2.75) is 51.6 Å². The average Bonchev–Trinajstić information content (AvgIpc) is 2.32. The van der Waals surface area contributed by atoms with E-state index in [-0.39, 0.29) is 5.60 Å². The van der Waals surface area contributed by atoms with Crippen molar-refractivity contribution >= 4 is 0 Å². The van der Waals surface area contributed by atoms with E-state index in [0.29, 0.717) is 5.92 Å². The summed E-state index contributed by atoms with van der Waals surface area (Å²) in [7, 11) is 0. The summed E-state index contributed by atoms with van der Waals surface area (Å²) in [6.45, 7) is 4.27. The normalized spacial score (nSPS) is 40.5. The number of hydrogen-bond acceptors (Lipinski definition) is 1. The smallest absolute Gasteiger partial charge is 0.0673 e. The van der Waals surface area contributed by atoms with Gasteiger partial charge in [0.25, 0.3) is 0 Å². The predicted octanol–water partition coefficient (Wildman–Crippen LogP) is 2.34. The van der Waals surface area contributed by atoms with Crippen LogP contribution in [0.5, 0.6) is 0 Å². The fourth-order valence-electron chi connectivity index (χ4n) is 2.18. The van der Waals surface area contributed by atoms with Crippen molar-refractivity contribution < 1.29 is 5.11 Å². The molecule has 1 aliphatic rings. The Kier molecular flexibility index (Phi) is 2.35. The van der Waals surface area contributed by atoms with Gasteiger partial charge in [-0.2, -0.15) is 0 Å². The van der Waals surface area contributed by atoms with Gasteiger partial charge in [-0.05, 0) is 25.2 Å². The van der Waals surface area contributed by atoms with E-state index in [1.807, 2.05) is 0 Å². The first kappa shape index (κ1) is 8.06. The van der Waals surface area contributed by atoms with Crippen LogP contribution >= 0.6 is 0 Å². The Morgan fingerprint density at radius 1 is 1.50 bits per heavy atom. The molecule has 60 valence electrons. The number of rotatable bonds is 2. The summed E-state index contributed by atoms with van der Waals surface area (Å²) >= 11 is 0. The predicted molar refractivity (Wildman–Crippen MR) is 42.9 cm³/mol. The summed E-state index contributed by atoms with van der Waals surface area (Å²) in [5.41, 5.74) is -0.297. The fourth-order valence-corrected chi connectivity index (χ4v) is 2.18. The highest BCUT2D eigenvalue weighted by Crippen LogP contribution is 2.39. The molecule has 1 heteroatoms. The molecule has 0 saturated heterocycles. The van der Waals surface area contributed by atoms with Crippen LogP contribution in [0.1, 0.15) is 46.0 Å². The average molecular weight is 142 g/mol. The van der Waals surface area contributed by atoms with Gasteiger partial charge in [0.2, 0.25) is 0 Å². The minimum absolute atomic E-state index is 0.297. The molecule has 1 fully saturated rings. The third-order valence-electron chi connectivity index (χ3n) is 3.03. The third-order valence-corrected chi connectivity index (χ3v) is 3.03. The van der Waals surface area contributed by atoms with Gasteiger partial charge >= 0.3 is 0 Å². The minimum Gasteiger partial charge on any atom is -0.390 e. The molecule has 1 nitrogen and oxygen atoms in total. The van der Waals surface area contributed by atoms with Crippen LogP contribution in [0.2, 0.25) is 0 Å². The summed E-state index contributed by atoms with van der Waals surface area (Å²) in [6.07, 6.45) is 5.57. The molecular weight excluding hydrogens is 124 g/mol. The van der Waals surface area contributed by atoms with E-state index < -0.39 is 0 Å². The Labute approximate surface area is 63.4 Å². The number of aliphatic hydroxyl groups is 1. The zero-order chi connectivity index (χ0) is 7.61. The molecule has 0 aromatic carbocycles. The summed E-state index contributed by atoms with van der Waals surface area (Å²) in [4.78, 5) is 0. The topological polar surface area (TPSA) is 20.2 Å². The lowest BCUT2D eigenvalue weighted by Gasteiger charge is -2.27. The zero-order valence-electron chi connectivity index (χ0n) is 7.06. The maximum Gasteiger partial charge on any atom is 0.0673 e. The Balaban J connectivity index is 2.56. The second kappa shape index (κ2) is 2.91. The van der Waals surface area contributed by atoms with Gasteiger partial charge in [0.05, 0.1) is 5.60 Å². The van der Waals surface area contributed by atoms with E-state index in [1.165, 1.54) is 12.8 Å². The molecule has 10 heavy (non-hydrogen) atoms. The standard InChI is InChI=1S/C9H18O/c1-3-8-6-5-7-9(8,10)4-2/h8,10H,3-7H2,1-2H3/t8?,9-/m1/s1. The molecule has 0 aromatic heterocycles. The fraction of sp³-hybridized carbons (Fsp3) is 1.00. The van der Waals surface area contributed by atoms with Crippen LogP contribution in [0.15, 0.2) is 0 Å². The highest BCUT2D eigenvalue weighted by atomic mass is 16.3. The van der Waals surface area contributed by atoms with Crippen LogP contribution in [0.3, 0.4) is 0 Å². The first-order valence-electron chi connectivity index (χ1n) is 4.45. The van der Waals surface area contributed by atoms with Gasteiger partial charge in [0, 0.05) is 0 Å². The maximum absolute atomic E-state index is 9.96. The first-order chi connectivity index (χ1) is 4.73. The van der Waals surface area contributed by atoms with Gasteiger partial charge in [0.1, 0.15) is 0 Å². The van der Waals surface area contributed by atoms with E-state index in [1.54, 1.807) is 0 Å². The van der Waals surface area contributed by atoms with Crippen LogP contribution in [0.25, 0.3) is 0 Å². The summed E-state index contributed by atoms with van der Waals surface area (Å²) in [5, 5.41) is 9.96. The quantitative estimate of drug-likeness (QED) is 0.627. The van der Waals surface area contributed by atoms with E-state index >= 15 is 0 Å². The van der Waals surface area contributed by atoms with E-state index in [2.05, 4.69) is 13.8 Å². The summed E-state index contributed by atoms with van der Waals surface area (Å²) in [5.74, 6) is 0.581. The van der Waals surface area contributed by atoms with Gasteiger partial charge in [-0.3, -0.25) is 0 Å². The van der Waals surface area contributed by atoms with Crippen LogP contribution < -0.4 is 0 Å². The third kappa shape index (κ3) is 1.20. The van der Waals surface area contributed by atoms with Crippen molar-refractivity contribution in [3.05, 3.63) is 0 Å². The lowest BCUT2D eigenvalue weighted by molar-refractivity contribution is -0.00241. The molecule has 0 aliphatic heterocycles. The lowest BCUT2D eigenvalue weighted by Crippen LogP contribution is -2.31. The molecule has 0 amide bonds. The van der Waals surface area contributed by atoms with Gasteiger partial charge < -0.3 is 5.11 Å². The molecule has 1 N–H and O–H groups in total. The Morgan fingerprint density at radius 2 is 2.20 bits per heavy atom. The van der Waals surface area contributed by atoms with Gasteiger partial charge in [-0.25, -0.2) is 0 Å². The van der Waals surface area contributed by atoms with Crippen molar-refractivity contribution in [1.82, 2.24) is 0 Å². The molecule has 0 radical (unpaired) electrons. The van der Waals surface area contributed by atoms with E-state index in [4.69, 9.17) is 0 Å². The second-order valence-electron chi connectivity index (χ2n) is 3.45. The largest absolute Gasteiger partial charge is 0.390 e. The van der Waals surface area contributed by atoms with Crippen LogP contribution in [0.4, 0.5) is 0 Å². The van der Waals surface area contributed by atoms with Crippen molar-refractivity contribution in [3.8, 4) is 0 Å². The molecule has 0 aromatic rings. The van der Waals surface area contributed by atoms with Gasteiger partial charge in [-0.15, -0.1) is 0 Å². The molecule has 0 spiro atoms. The minimum atomic E-state index is -0.297. The first-order valence-corrected chi connectivity index (χ1v) is 4.45. The summed E-state index contributed by atoms with van der Waals surface area (Å²) in [6, 6.07) is 0. The SMILES string of the molecule is CCC1CCC[C@]1(O)CC. The second-order valence-corrected chi connectivity index (χ2v) is 3.45. The van der Waals surface area contributed by atoms with Crippen molar-refractivity contribution in [3.63, 3.8) is 0 Å². The molecule has 0 heterocycles. The molecular formula is C9H18O. The molecule has 1 rings (SSSR count). The molecule has 1 aliphatic carbocycles. The molecule has 0 bridgehead atoms. The molecule has 2 atom stereocenters. The summed E-state index contributed by atoms with van der Waals surface area (Å²) < 4.78 is 0. The van der Waals surface area contributed by atoms with Crippen LogP contribution in [-0.4, -0.2) is 10.7 Å². The molecule has 1 saturated carbocycles. The lowest BCUT2D eigenvalue weighted by atomic mass is 9.87. The van der Waals surface area contributed by atoms with Crippen LogP contribution in [-0.2, 0) is 0 Å². The van der Waals surface area contributed by atoms with E-state index in [0.717, 1.165) is 19.3 Å². The number of hydrogen-bond donors (Lipinski definition) is 1. The highest BCUT2D eigenvalue weighted by molar-refractivity contribution is 4.90. The van der Waals surface area contributed by atoms with Crippen LogP contribution in [0, 0.1) is 5.92 Å². The maximum atomic E-state index is 9.96. The van der Waals surface area contributed by atoms with Crippen molar-refractivity contribution in [2.24, 2.45) is 5.92 Å². The van der Waals surface area contributed by atoms with Crippen molar-refractivity contribution in [1.29, 1.82) is 0 Å². The molecule has 1 unspecified atom stereocenters. The monoisotopic (exact) mass is 142 g/mol. The highest BCUT2D eigenvalue weighted by Gasteiger charge is 2.37. The Hall–Kier alpha value is -0.0400. The van der Waals surface area contributed by atoms with E-state index in [9.17, 15) is 5.11 Å².